The molecule has 0 aromatic rings. The number of carbonyl (C=O) groups is 2. The van der Waals surface area contributed by atoms with Crippen LogP contribution in [0.3, 0.4) is 0 Å². The summed E-state index contributed by atoms with van der Waals surface area (Å²) in [5.74, 6) is -0.454. The molecule has 2 N–H and O–H groups in total. The summed E-state index contributed by atoms with van der Waals surface area (Å²) < 4.78 is 5.28. The Kier molecular flexibility index (Phi) is 5.60. The zero-order chi connectivity index (χ0) is 14.5. The van der Waals surface area contributed by atoms with Gasteiger partial charge in [-0.25, -0.2) is 4.79 Å². The van der Waals surface area contributed by atoms with Crippen LogP contribution in [-0.4, -0.2) is 54.4 Å². The summed E-state index contributed by atoms with van der Waals surface area (Å²) in [7, 11) is 1.74. The van der Waals surface area contributed by atoms with E-state index in [2.05, 4.69) is 5.32 Å². The van der Waals surface area contributed by atoms with Gasteiger partial charge in [0.15, 0.2) is 0 Å². The third-order valence-corrected chi connectivity index (χ3v) is 3.26. The first kappa shape index (κ1) is 15.8. The number of amides is 2. The predicted molar refractivity (Wildman–Crippen MR) is 71.0 cm³/mol. The van der Waals surface area contributed by atoms with Crippen LogP contribution < -0.4 is 5.32 Å². The summed E-state index contributed by atoms with van der Waals surface area (Å²) in [5.41, 5.74) is -0.743. The van der Waals surface area contributed by atoms with Gasteiger partial charge in [-0.1, -0.05) is 0 Å². The molecule has 6 nitrogen and oxygen atoms in total. The monoisotopic (exact) mass is 272 g/mol. The van der Waals surface area contributed by atoms with Gasteiger partial charge in [0.2, 0.25) is 0 Å². The quantitative estimate of drug-likeness (QED) is 0.791. The summed E-state index contributed by atoms with van der Waals surface area (Å²) in [6.45, 7) is 5.61. The van der Waals surface area contributed by atoms with E-state index in [1.165, 1.54) is 0 Å². The molecule has 0 aromatic carbocycles. The van der Waals surface area contributed by atoms with E-state index < -0.39 is 11.5 Å². The zero-order valence-electron chi connectivity index (χ0n) is 11.9. The van der Waals surface area contributed by atoms with Crippen LogP contribution in [-0.2, 0) is 9.53 Å². The SMILES string of the molecule is CN(CC1CCOCC1)C(=O)NC(C)(C)CC(=O)O. The van der Waals surface area contributed by atoms with Crippen LogP contribution in [0.4, 0.5) is 4.79 Å². The Morgan fingerprint density at radius 2 is 1.95 bits per heavy atom. The smallest absolute Gasteiger partial charge is 0.317 e. The van der Waals surface area contributed by atoms with Crippen molar-refractivity contribution in [3.8, 4) is 0 Å². The van der Waals surface area contributed by atoms with Gasteiger partial charge in [0, 0.05) is 32.3 Å². The third kappa shape index (κ3) is 5.92. The number of ether oxygens (including phenoxy) is 1. The molecule has 1 aliphatic heterocycles. The van der Waals surface area contributed by atoms with Gasteiger partial charge in [-0.3, -0.25) is 4.79 Å². The lowest BCUT2D eigenvalue weighted by atomic mass is 9.99. The first-order valence-electron chi connectivity index (χ1n) is 6.63. The molecule has 1 fully saturated rings. The second-order valence-electron chi connectivity index (χ2n) is 5.82. The van der Waals surface area contributed by atoms with Gasteiger partial charge >= 0.3 is 12.0 Å². The van der Waals surface area contributed by atoms with Gasteiger partial charge < -0.3 is 20.1 Å². The van der Waals surface area contributed by atoms with Crippen LogP contribution >= 0.6 is 0 Å². The van der Waals surface area contributed by atoms with Crippen molar-refractivity contribution in [2.45, 2.75) is 38.6 Å². The lowest BCUT2D eigenvalue weighted by molar-refractivity contribution is -0.138. The van der Waals surface area contributed by atoms with Gasteiger partial charge in [-0.2, -0.15) is 0 Å². The number of carboxylic acid groups (broad SMARTS) is 1. The number of urea groups is 1. The fourth-order valence-electron chi connectivity index (χ4n) is 2.21. The highest BCUT2D eigenvalue weighted by Gasteiger charge is 2.26. The molecule has 0 aromatic heterocycles. The standard InChI is InChI=1S/C13H24N2O4/c1-13(2,8-11(16)17)14-12(18)15(3)9-10-4-6-19-7-5-10/h10H,4-9H2,1-3H3,(H,14,18)(H,16,17). The summed E-state index contributed by atoms with van der Waals surface area (Å²) >= 11 is 0. The lowest BCUT2D eigenvalue weighted by Gasteiger charge is -2.31. The minimum absolute atomic E-state index is 0.0934. The largest absolute Gasteiger partial charge is 0.481 e. The number of carboxylic acids is 1. The second kappa shape index (κ2) is 6.75. The third-order valence-electron chi connectivity index (χ3n) is 3.26. The van der Waals surface area contributed by atoms with E-state index in [1.54, 1.807) is 25.8 Å². The molecule has 0 saturated carbocycles. The van der Waals surface area contributed by atoms with Gasteiger partial charge in [-0.05, 0) is 32.6 Å². The van der Waals surface area contributed by atoms with Gasteiger partial charge in [0.1, 0.15) is 0 Å². The van der Waals surface area contributed by atoms with Gasteiger partial charge in [0.25, 0.3) is 0 Å². The molecule has 0 radical (unpaired) electrons. The Balaban J connectivity index is 2.40. The van der Waals surface area contributed by atoms with E-state index in [0.717, 1.165) is 26.1 Å². The maximum absolute atomic E-state index is 12.0. The number of nitrogens with zero attached hydrogens (tertiary/aromatic N) is 1. The minimum atomic E-state index is -0.919. The molecular weight excluding hydrogens is 248 g/mol. The van der Waals surface area contributed by atoms with Crippen molar-refractivity contribution < 1.29 is 19.4 Å². The molecule has 19 heavy (non-hydrogen) atoms. The Bertz CT molecular complexity index is 325. The molecule has 1 heterocycles. The van der Waals surface area contributed by atoms with Crippen molar-refractivity contribution in [3.63, 3.8) is 0 Å². The van der Waals surface area contributed by atoms with Crippen molar-refractivity contribution in [1.29, 1.82) is 0 Å². The number of nitrogens with one attached hydrogen (secondary N) is 1. The van der Waals surface area contributed by atoms with Gasteiger partial charge in [0.05, 0.1) is 6.42 Å². The summed E-state index contributed by atoms with van der Waals surface area (Å²) in [6.07, 6.45) is 1.84. The number of rotatable bonds is 5. The highest BCUT2D eigenvalue weighted by molar-refractivity contribution is 5.76. The number of hydrogen-bond acceptors (Lipinski definition) is 3. The average molecular weight is 272 g/mol. The lowest BCUT2D eigenvalue weighted by Crippen LogP contribution is -2.51. The Morgan fingerprint density at radius 1 is 1.37 bits per heavy atom. The van der Waals surface area contributed by atoms with E-state index in [0.29, 0.717) is 12.5 Å². The fourth-order valence-corrected chi connectivity index (χ4v) is 2.21. The highest BCUT2D eigenvalue weighted by Crippen LogP contribution is 2.16. The molecule has 6 heteroatoms. The number of carbonyl (C=O) groups excluding carboxylic acids is 1. The van der Waals surface area contributed by atoms with E-state index >= 15 is 0 Å². The summed E-state index contributed by atoms with van der Waals surface area (Å²) in [6, 6.07) is -0.224. The first-order chi connectivity index (χ1) is 8.80. The maximum atomic E-state index is 12.0. The number of aliphatic carboxylic acids is 1. The van der Waals surface area contributed by atoms with Crippen LogP contribution in [0, 0.1) is 5.92 Å². The van der Waals surface area contributed by atoms with Crippen molar-refractivity contribution in [3.05, 3.63) is 0 Å². The normalized spacial score (nSPS) is 17.0. The predicted octanol–water partition coefficient (Wildman–Crippen LogP) is 1.31. The van der Waals surface area contributed by atoms with Gasteiger partial charge in [-0.15, -0.1) is 0 Å². The van der Waals surface area contributed by atoms with Crippen molar-refractivity contribution in [2.24, 2.45) is 5.92 Å². The molecular formula is C13H24N2O4. The second-order valence-corrected chi connectivity index (χ2v) is 5.82. The van der Waals surface area contributed by atoms with Crippen molar-refractivity contribution >= 4 is 12.0 Å². The number of hydrogen-bond donors (Lipinski definition) is 2. The fraction of sp³-hybridized carbons (Fsp3) is 0.846. The molecule has 0 spiro atoms. The van der Waals surface area contributed by atoms with E-state index in [1.807, 2.05) is 0 Å². The Labute approximate surface area is 114 Å². The first-order valence-corrected chi connectivity index (χ1v) is 6.63. The molecule has 110 valence electrons. The zero-order valence-corrected chi connectivity index (χ0v) is 11.9. The summed E-state index contributed by atoms with van der Waals surface area (Å²) in [4.78, 5) is 24.3. The van der Waals surface area contributed by atoms with Crippen LogP contribution in [0.2, 0.25) is 0 Å². The molecule has 0 bridgehead atoms. The molecule has 0 unspecified atom stereocenters. The molecule has 1 aliphatic rings. The van der Waals surface area contributed by atoms with Crippen LogP contribution in [0.15, 0.2) is 0 Å². The molecule has 0 atom stereocenters. The van der Waals surface area contributed by atoms with Crippen molar-refractivity contribution in [1.82, 2.24) is 10.2 Å². The van der Waals surface area contributed by atoms with Crippen molar-refractivity contribution in [2.75, 3.05) is 26.8 Å². The maximum Gasteiger partial charge on any atom is 0.317 e. The molecule has 1 saturated heterocycles. The topological polar surface area (TPSA) is 78.9 Å². The van der Waals surface area contributed by atoms with E-state index in [9.17, 15) is 9.59 Å². The van der Waals surface area contributed by atoms with Crippen LogP contribution in [0.5, 0.6) is 0 Å². The van der Waals surface area contributed by atoms with E-state index in [4.69, 9.17) is 9.84 Å². The summed E-state index contributed by atoms with van der Waals surface area (Å²) in [5, 5.41) is 11.5. The Hall–Kier alpha value is -1.30. The van der Waals surface area contributed by atoms with Crippen LogP contribution in [0.1, 0.15) is 33.1 Å². The Morgan fingerprint density at radius 3 is 2.47 bits per heavy atom. The molecule has 2 amide bonds. The average Bonchev–Trinajstić information content (AvgIpc) is 2.27. The highest BCUT2D eigenvalue weighted by atomic mass is 16.5. The van der Waals surface area contributed by atoms with Crippen LogP contribution in [0.25, 0.3) is 0 Å². The van der Waals surface area contributed by atoms with E-state index in [-0.39, 0.29) is 12.5 Å². The minimum Gasteiger partial charge on any atom is -0.481 e. The molecule has 0 aliphatic carbocycles. The molecule has 1 rings (SSSR count).